The molecule has 0 saturated heterocycles. The lowest BCUT2D eigenvalue weighted by Gasteiger charge is -2.12. The van der Waals surface area contributed by atoms with E-state index in [-0.39, 0.29) is 0 Å². The van der Waals surface area contributed by atoms with E-state index in [1.165, 1.54) is 22.3 Å². The minimum Gasteiger partial charge on any atom is -0.455 e. The van der Waals surface area contributed by atoms with Crippen LogP contribution in [0.15, 0.2) is 241 Å². The first-order valence-electron chi connectivity index (χ1n) is 21.9. The normalized spacial score (nSPS) is 11.4. The SMILES string of the molecule is c1ccc(-c2ccc(-c3ccc(-c4nc(-c5cccc6ccc(-c7ccccc7)cc56)nc(-c5cccc6oc7c(-c8ccc(-c9ccccc9)cc8)cccc7c56)n4)cc3)cc2)cc1. The molecular weight excluding hydrogens is 791 g/mol. The molecule has 0 spiro atoms. The van der Waals surface area contributed by atoms with Gasteiger partial charge in [0, 0.05) is 33.0 Å². The van der Waals surface area contributed by atoms with Crippen molar-refractivity contribution in [3.05, 3.63) is 237 Å². The van der Waals surface area contributed by atoms with Crippen molar-refractivity contribution in [2.75, 3.05) is 0 Å². The Labute approximate surface area is 376 Å². The summed E-state index contributed by atoms with van der Waals surface area (Å²) in [5, 5.41) is 4.15. The average Bonchev–Trinajstić information content (AvgIpc) is 3.79. The predicted octanol–water partition coefficient (Wildman–Crippen LogP) is 16.3. The summed E-state index contributed by atoms with van der Waals surface area (Å²) in [4.78, 5) is 15.9. The molecule has 2 heterocycles. The number of nitrogens with zero attached hydrogens (tertiary/aromatic N) is 3. The molecule has 0 unspecified atom stereocenters. The van der Waals surface area contributed by atoms with Crippen LogP contribution in [0.5, 0.6) is 0 Å². The lowest BCUT2D eigenvalue weighted by atomic mass is 9.97. The van der Waals surface area contributed by atoms with Gasteiger partial charge in [0.05, 0.1) is 0 Å². The van der Waals surface area contributed by atoms with Crippen LogP contribution in [0.1, 0.15) is 0 Å². The van der Waals surface area contributed by atoms with E-state index in [1.54, 1.807) is 0 Å². The highest BCUT2D eigenvalue weighted by Crippen LogP contribution is 2.41. The maximum Gasteiger partial charge on any atom is 0.164 e. The maximum atomic E-state index is 6.77. The van der Waals surface area contributed by atoms with E-state index in [4.69, 9.17) is 19.4 Å². The van der Waals surface area contributed by atoms with Gasteiger partial charge in [0.15, 0.2) is 17.5 Å². The highest BCUT2D eigenvalue weighted by molar-refractivity contribution is 6.15. The van der Waals surface area contributed by atoms with Gasteiger partial charge in [0.2, 0.25) is 0 Å². The first kappa shape index (κ1) is 38.0. The summed E-state index contributed by atoms with van der Waals surface area (Å²) in [7, 11) is 0. The van der Waals surface area contributed by atoms with Crippen LogP contribution in [-0.2, 0) is 0 Å². The summed E-state index contributed by atoms with van der Waals surface area (Å²) in [5.41, 5.74) is 15.7. The van der Waals surface area contributed by atoms with Crippen molar-refractivity contribution >= 4 is 32.7 Å². The Hall–Kier alpha value is -8.73. The van der Waals surface area contributed by atoms with E-state index in [1.807, 2.05) is 30.3 Å². The van der Waals surface area contributed by atoms with Crippen LogP contribution < -0.4 is 0 Å². The number of hydrogen-bond acceptors (Lipinski definition) is 4. The van der Waals surface area contributed by atoms with Crippen LogP contribution in [0.2, 0.25) is 0 Å². The topological polar surface area (TPSA) is 51.8 Å². The molecule has 0 saturated carbocycles. The van der Waals surface area contributed by atoms with E-state index in [2.05, 4.69) is 206 Å². The Balaban J connectivity index is 0.997. The molecule has 0 aliphatic heterocycles. The molecule has 2 aromatic heterocycles. The Morgan fingerprint density at radius 1 is 0.262 bits per heavy atom. The number of fused-ring (bicyclic) bond motifs is 4. The van der Waals surface area contributed by atoms with Crippen LogP contribution in [0.25, 0.3) is 123 Å². The van der Waals surface area contributed by atoms with Gasteiger partial charge < -0.3 is 4.42 Å². The van der Waals surface area contributed by atoms with Crippen molar-refractivity contribution in [2.24, 2.45) is 0 Å². The third-order valence-electron chi connectivity index (χ3n) is 12.4. The maximum absolute atomic E-state index is 6.77. The monoisotopic (exact) mass is 829 g/mol. The Morgan fingerprint density at radius 3 is 1.29 bits per heavy atom. The van der Waals surface area contributed by atoms with Crippen molar-refractivity contribution in [3.8, 4) is 89.8 Å². The number of aromatic nitrogens is 3. The molecule has 12 aromatic rings. The first-order chi connectivity index (χ1) is 32.2. The summed E-state index contributed by atoms with van der Waals surface area (Å²) in [5.74, 6) is 1.77. The Bertz CT molecular complexity index is 3660. The van der Waals surface area contributed by atoms with Crippen LogP contribution in [-0.4, -0.2) is 15.0 Å². The van der Waals surface area contributed by atoms with E-state index in [9.17, 15) is 0 Å². The number of rotatable bonds is 8. The Kier molecular flexibility index (Phi) is 9.46. The van der Waals surface area contributed by atoms with Crippen molar-refractivity contribution in [2.45, 2.75) is 0 Å². The third kappa shape index (κ3) is 7.13. The molecule has 0 aliphatic carbocycles. The quantitative estimate of drug-likeness (QED) is 0.153. The first-order valence-corrected chi connectivity index (χ1v) is 21.9. The fraction of sp³-hybridized carbons (Fsp3) is 0. The second kappa shape index (κ2) is 16.2. The zero-order chi connectivity index (χ0) is 43.1. The standard InChI is InChI=1S/C61H39N3O/c1-4-13-40(14-5-1)43-25-27-45(28-26-43)46-31-36-49(37-32-46)59-62-60(52-21-10-19-47-35-38-50(39-55(47)52)42-17-8-3-9-18-42)64-61(63-59)54-23-12-24-56-57(54)53-22-11-20-51(58(53)65-56)48-33-29-44(30-34-48)41-15-6-2-7-16-41/h1-39H. The lowest BCUT2D eigenvalue weighted by molar-refractivity contribution is 0.670. The molecule has 0 fully saturated rings. The minimum atomic E-state index is 0.577. The van der Waals surface area contributed by atoms with Crippen molar-refractivity contribution in [1.29, 1.82) is 0 Å². The average molecular weight is 830 g/mol. The summed E-state index contributed by atoms with van der Waals surface area (Å²) >= 11 is 0. The number of hydrogen-bond donors (Lipinski definition) is 0. The van der Waals surface area contributed by atoms with E-state index in [0.717, 1.165) is 82.8 Å². The molecule has 0 radical (unpaired) electrons. The fourth-order valence-corrected chi connectivity index (χ4v) is 9.06. The molecule has 0 N–H and O–H groups in total. The number of benzene rings is 10. The fourth-order valence-electron chi connectivity index (χ4n) is 9.06. The Morgan fingerprint density at radius 2 is 0.692 bits per heavy atom. The summed E-state index contributed by atoms with van der Waals surface area (Å²) < 4.78 is 6.77. The van der Waals surface area contributed by atoms with Gasteiger partial charge in [-0.2, -0.15) is 0 Å². The molecule has 4 nitrogen and oxygen atoms in total. The van der Waals surface area contributed by atoms with Gasteiger partial charge in [-0.15, -0.1) is 0 Å². The number of furan rings is 1. The number of para-hydroxylation sites is 1. The van der Waals surface area contributed by atoms with Crippen molar-refractivity contribution in [3.63, 3.8) is 0 Å². The minimum absolute atomic E-state index is 0.577. The zero-order valence-corrected chi connectivity index (χ0v) is 35.3. The van der Waals surface area contributed by atoms with Gasteiger partial charge in [0.1, 0.15) is 11.2 Å². The second-order valence-electron chi connectivity index (χ2n) is 16.3. The van der Waals surface area contributed by atoms with E-state index >= 15 is 0 Å². The second-order valence-corrected chi connectivity index (χ2v) is 16.3. The predicted molar refractivity (Wildman–Crippen MR) is 268 cm³/mol. The molecule has 12 rings (SSSR count). The summed E-state index contributed by atoms with van der Waals surface area (Å²) in [6.07, 6.45) is 0. The molecular formula is C61H39N3O. The van der Waals surface area contributed by atoms with Gasteiger partial charge in [-0.1, -0.05) is 224 Å². The molecule has 65 heavy (non-hydrogen) atoms. The largest absolute Gasteiger partial charge is 0.455 e. The highest BCUT2D eigenvalue weighted by atomic mass is 16.3. The summed E-state index contributed by atoms with van der Waals surface area (Å²) in [6.45, 7) is 0. The van der Waals surface area contributed by atoms with Crippen molar-refractivity contribution < 1.29 is 4.42 Å². The van der Waals surface area contributed by atoms with Crippen LogP contribution in [0.4, 0.5) is 0 Å². The van der Waals surface area contributed by atoms with Crippen LogP contribution in [0.3, 0.4) is 0 Å². The molecule has 4 heteroatoms. The van der Waals surface area contributed by atoms with Crippen LogP contribution >= 0.6 is 0 Å². The zero-order valence-electron chi connectivity index (χ0n) is 35.3. The summed E-state index contributed by atoms with van der Waals surface area (Å²) in [6, 6.07) is 82.9. The lowest BCUT2D eigenvalue weighted by Crippen LogP contribution is -2.01. The van der Waals surface area contributed by atoms with E-state index in [0.29, 0.717) is 17.5 Å². The molecule has 10 aromatic carbocycles. The molecule has 0 atom stereocenters. The highest BCUT2D eigenvalue weighted by Gasteiger charge is 2.21. The van der Waals surface area contributed by atoms with Gasteiger partial charge in [-0.3, -0.25) is 0 Å². The smallest absolute Gasteiger partial charge is 0.164 e. The van der Waals surface area contributed by atoms with Gasteiger partial charge >= 0.3 is 0 Å². The van der Waals surface area contributed by atoms with Crippen LogP contribution in [0, 0.1) is 0 Å². The van der Waals surface area contributed by atoms with E-state index < -0.39 is 0 Å². The van der Waals surface area contributed by atoms with Crippen molar-refractivity contribution in [1.82, 2.24) is 15.0 Å². The molecule has 0 amide bonds. The third-order valence-corrected chi connectivity index (χ3v) is 12.4. The van der Waals surface area contributed by atoms with Gasteiger partial charge in [0.25, 0.3) is 0 Å². The molecule has 0 aliphatic rings. The molecule has 304 valence electrons. The molecule has 0 bridgehead atoms. The van der Waals surface area contributed by atoms with Gasteiger partial charge in [-0.05, 0) is 73.0 Å². The van der Waals surface area contributed by atoms with Gasteiger partial charge in [-0.25, -0.2) is 15.0 Å².